The van der Waals surface area contributed by atoms with Crippen LogP contribution in [0.3, 0.4) is 0 Å². The highest BCUT2D eigenvalue weighted by molar-refractivity contribution is 6.88. The first-order valence-corrected chi connectivity index (χ1v) is 23.5. The van der Waals surface area contributed by atoms with E-state index in [-0.39, 0.29) is 5.41 Å². The third-order valence-corrected chi connectivity index (χ3v) is 13.7. The van der Waals surface area contributed by atoms with Crippen molar-refractivity contribution < 1.29 is 0 Å². The minimum Gasteiger partial charge on any atom is -0.311 e. The van der Waals surface area contributed by atoms with Gasteiger partial charge in [0.25, 0.3) is 0 Å². The molecule has 0 N–H and O–H groups in total. The third-order valence-electron chi connectivity index (χ3n) is 11.6. The standard InChI is InChI=1S/C54H48N2Si/c1-54(2)52-19-13-12-18-50(52)51-38-48(34-37-53(51)54)56(47-32-35-49(36-33-47)57(3,4)5)46-30-26-42(27-31-46)40-22-20-39(21-23-40)41-24-28-45(29-25-41)55(43-14-8-6-9-15-43)44-16-10-7-11-17-44/h6-38H,1-5H3. The van der Waals surface area contributed by atoms with Gasteiger partial charge in [0.05, 0.1) is 8.07 Å². The monoisotopic (exact) mass is 752 g/mol. The number of rotatable bonds is 9. The first-order valence-electron chi connectivity index (χ1n) is 20.0. The fourth-order valence-electron chi connectivity index (χ4n) is 8.47. The lowest BCUT2D eigenvalue weighted by Crippen LogP contribution is -2.37. The molecule has 0 aliphatic heterocycles. The Bertz CT molecular complexity index is 2600. The van der Waals surface area contributed by atoms with Gasteiger partial charge in [0.15, 0.2) is 0 Å². The zero-order valence-electron chi connectivity index (χ0n) is 33.4. The normalized spacial score (nSPS) is 12.8. The van der Waals surface area contributed by atoms with Gasteiger partial charge in [-0.05, 0) is 117 Å². The number of nitrogens with zero attached hydrogens (tertiary/aromatic N) is 2. The van der Waals surface area contributed by atoms with Crippen molar-refractivity contribution in [3.63, 3.8) is 0 Å². The first kappa shape index (κ1) is 36.2. The van der Waals surface area contributed by atoms with E-state index < -0.39 is 8.07 Å². The first-order chi connectivity index (χ1) is 27.6. The van der Waals surface area contributed by atoms with Crippen LogP contribution >= 0.6 is 0 Å². The van der Waals surface area contributed by atoms with E-state index in [0.29, 0.717) is 0 Å². The molecule has 8 aromatic rings. The summed E-state index contributed by atoms with van der Waals surface area (Å²) in [5, 5.41) is 1.46. The quantitative estimate of drug-likeness (QED) is 0.136. The molecule has 57 heavy (non-hydrogen) atoms. The van der Waals surface area contributed by atoms with Crippen LogP contribution in [0.15, 0.2) is 200 Å². The van der Waals surface area contributed by atoms with E-state index in [2.05, 4.69) is 243 Å². The number of fused-ring (bicyclic) bond motifs is 3. The molecule has 0 heterocycles. The Morgan fingerprint density at radius 3 is 1.16 bits per heavy atom. The summed E-state index contributed by atoms with van der Waals surface area (Å²) in [4.78, 5) is 4.71. The Kier molecular flexibility index (Phi) is 9.27. The summed E-state index contributed by atoms with van der Waals surface area (Å²) in [6.45, 7) is 11.9. The van der Waals surface area contributed by atoms with Crippen molar-refractivity contribution in [1.82, 2.24) is 0 Å². The van der Waals surface area contributed by atoms with Gasteiger partial charge in [-0.25, -0.2) is 0 Å². The molecule has 0 saturated carbocycles. The third kappa shape index (κ3) is 6.89. The largest absolute Gasteiger partial charge is 0.311 e. The van der Waals surface area contributed by atoms with Crippen molar-refractivity contribution >= 4 is 47.4 Å². The molecule has 278 valence electrons. The second kappa shape index (κ2) is 14.6. The van der Waals surface area contributed by atoms with Crippen LogP contribution in [-0.2, 0) is 5.41 Å². The molecule has 0 bridgehead atoms. The number of hydrogen-bond donors (Lipinski definition) is 0. The Morgan fingerprint density at radius 1 is 0.333 bits per heavy atom. The summed E-state index contributed by atoms with van der Waals surface area (Å²) in [5.74, 6) is 0. The molecule has 1 aliphatic carbocycles. The highest BCUT2D eigenvalue weighted by atomic mass is 28.3. The summed E-state index contributed by atoms with van der Waals surface area (Å²) in [6, 6.07) is 73.2. The molecule has 0 fully saturated rings. The van der Waals surface area contributed by atoms with Crippen LogP contribution in [0.4, 0.5) is 34.1 Å². The van der Waals surface area contributed by atoms with E-state index >= 15 is 0 Å². The molecule has 0 spiro atoms. The molecule has 3 heteroatoms. The fraction of sp³-hybridized carbons (Fsp3) is 0.111. The maximum Gasteiger partial charge on any atom is 0.0775 e. The molecular formula is C54H48N2Si. The smallest absolute Gasteiger partial charge is 0.0775 e. The second-order valence-corrected chi connectivity index (χ2v) is 21.8. The Labute approximate surface area is 339 Å². The molecule has 0 unspecified atom stereocenters. The van der Waals surface area contributed by atoms with E-state index in [1.165, 1.54) is 61.1 Å². The lowest BCUT2D eigenvalue weighted by atomic mass is 9.82. The predicted molar refractivity (Wildman–Crippen MR) is 247 cm³/mol. The molecule has 0 radical (unpaired) electrons. The fourth-order valence-corrected chi connectivity index (χ4v) is 9.63. The van der Waals surface area contributed by atoms with Gasteiger partial charge >= 0.3 is 0 Å². The molecular weight excluding hydrogens is 705 g/mol. The highest BCUT2D eigenvalue weighted by Crippen LogP contribution is 2.50. The Balaban J connectivity index is 1.01. The average Bonchev–Trinajstić information content (AvgIpc) is 3.47. The maximum absolute atomic E-state index is 2.41. The van der Waals surface area contributed by atoms with Crippen molar-refractivity contribution in [2.75, 3.05) is 9.80 Å². The molecule has 2 nitrogen and oxygen atoms in total. The van der Waals surface area contributed by atoms with E-state index in [0.717, 1.165) is 22.7 Å². The van der Waals surface area contributed by atoms with Gasteiger partial charge in [0.1, 0.15) is 0 Å². The second-order valence-electron chi connectivity index (χ2n) is 16.7. The van der Waals surface area contributed by atoms with Gasteiger partial charge in [0, 0.05) is 39.5 Å². The molecule has 1 aliphatic rings. The van der Waals surface area contributed by atoms with Crippen molar-refractivity contribution in [1.29, 1.82) is 0 Å². The van der Waals surface area contributed by atoms with Crippen molar-refractivity contribution in [2.45, 2.75) is 38.9 Å². The average molecular weight is 753 g/mol. The van der Waals surface area contributed by atoms with Crippen LogP contribution in [-0.4, -0.2) is 8.07 Å². The van der Waals surface area contributed by atoms with Gasteiger partial charge in [-0.3, -0.25) is 0 Å². The molecule has 0 aromatic heterocycles. The maximum atomic E-state index is 2.41. The topological polar surface area (TPSA) is 6.48 Å². The van der Waals surface area contributed by atoms with E-state index in [4.69, 9.17) is 0 Å². The SMILES string of the molecule is CC1(C)c2ccccc2-c2cc(N(c3ccc(-c4ccc(-c5ccc(N(c6ccccc6)c6ccccc6)cc5)cc4)cc3)c3ccc([Si](C)(C)C)cc3)ccc21. The summed E-state index contributed by atoms with van der Waals surface area (Å²) in [6.07, 6.45) is 0. The summed E-state index contributed by atoms with van der Waals surface area (Å²) in [5.41, 5.74) is 17.1. The zero-order chi connectivity index (χ0) is 39.1. The van der Waals surface area contributed by atoms with Crippen molar-refractivity contribution in [2.24, 2.45) is 0 Å². The van der Waals surface area contributed by atoms with Gasteiger partial charge in [0.2, 0.25) is 0 Å². The van der Waals surface area contributed by atoms with Crippen molar-refractivity contribution in [3.8, 4) is 33.4 Å². The zero-order valence-corrected chi connectivity index (χ0v) is 34.4. The Hall–Kier alpha value is -6.42. The lowest BCUT2D eigenvalue weighted by Gasteiger charge is -2.28. The minimum atomic E-state index is -1.44. The van der Waals surface area contributed by atoms with Crippen LogP contribution in [0.1, 0.15) is 25.0 Å². The number of hydrogen-bond acceptors (Lipinski definition) is 2. The molecule has 0 saturated heterocycles. The van der Waals surface area contributed by atoms with Crippen LogP contribution in [0, 0.1) is 0 Å². The summed E-state index contributed by atoms with van der Waals surface area (Å²) < 4.78 is 0. The van der Waals surface area contributed by atoms with E-state index in [9.17, 15) is 0 Å². The minimum absolute atomic E-state index is 0.0269. The molecule has 9 rings (SSSR count). The summed E-state index contributed by atoms with van der Waals surface area (Å²) in [7, 11) is -1.44. The van der Waals surface area contributed by atoms with Gasteiger partial charge < -0.3 is 9.80 Å². The van der Waals surface area contributed by atoms with Crippen LogP contribution in [0.2, 0.25) is 19.6 Å². The number of anilines is 6. The molecule has 0 atom stereocenters. The lowest BCUT2D eigenvalue weighted by molar-refractivity contribution is 0.660. The van der Waals surface area contributed by atoms with E-state index in [1.807, 2.05) is 0 Å². The summed E-state index contributed by atoms with van der Waals surface area (Å²) >= 11 is 0. The van der Waals surface area contributed by atoms with Gasteiger partial charge in [-0.2, -0.15) is 0 Å². The van der Waals surface area contributed by atoms with Crippen LogP contribution < -0.4 is 15.0 Å². The van der Waals surface area contributed by atoms with E-state index in [1.54, 1.807) is 0 Å². The van der Waals surface area contributed by atoms with Crippen molar-refractivity contribution in [3.05, 3.63) is 211 Å². The van der Waals surface area contributed by atoms with Gasteiger partial charge in [-0.15, -0.1) is 0 Å². The van der Waals surface area contributed by atoms with Crippen LogP contribution in [0.5, 0.6) is 0 Å². The Morgan fingerprint density at radius 2 is 0.684 bits per heavy atom. The predicted octanol–water partition coefficient (Wildman–Crippen LogP) is 14.8. The highest BCUT2D eigenvalue weighted by Gasteiger charge is 2.35. The van der Waals surface area contributed by atoms with Gasteiger partial charge in [-0.1, -0.05) is 166 Å². The molecule has 0 amide bonds. The molecule has 8 aromatic carbocycles. The van der Waals surface area contributed by atoms with Crippen LogP contribution in [0.25, 0.3) is 33.4 Å². The number of benzene rings is 8. The number of para-hydroxylation sites is 2.